The third-order valence-electron chi connectivity index (χ3n) is 2.89. The van der Waals surface area contributed by atoms with Gasteiger partial charge in [0.15, 0.2) is 0 Å². The molecule has 1 aromatic carbocycles. The molecular weight excluding hydrogens is 262 g/mol. The lowest BCUT2D eigenvalue weighted by atomic mass is 9.95. The first-order valence-corrected chi connectivity index (χ1v) is 8.19. The van der Waals surface area contributed by atoms with Gasteiger partial charge in [0, 0.05) is 17.1 Å². The van der Waals surface area contributed by atoms with E-state index in [0.717, 1.165) is 18.0 Å². The molecule has 18 heavy (non-hydrogen) atoms. The fourth-order valence-corrected chi connectivity index (χ4v) is 2.67. The Bertz CT molecular complexity index is 360. The summed E-state index contributed by atoms with van der Waals surface area (Å²) >= 11 is 8.21. The van der Waals surface area contributed by atoms with Crippen LogP contribution in [0.1, 0.15) is 38.7 Å². The Hall–Kier alpha value is -0.180. The monoisotopic (exact) mass is 285 g/mol. The summed E-state index contributed by atoms with van der Waals surface area (Å²) in [7, 11) is 0. The summed E-state index contributed by atoms with van der Waals surface area (Å²) in [5.41, 5.74) is 1.42. The molecule has 0 aliphatic rings. The number of nitrogens with one attached hydrogen (secondary N) is 1. The largest absolute Gasteiger partial charge is 0.311 e. The lowest BCUT2D eigenvalue weighted by molar-refractivity contribution is 0.403. The molecule has 3 heteroatoms. The van der Waals surface area contributed by atoms with E-state index in [2.05, 4.69) is 44.5 Å². The van der Waals surface area contributed by atoms with E-state index in [1.54, 1.807) is 0 Å². The molecule has 0 aliphatic heterocycles. The van der Waals surface area contributed by atoms with Gasteiger partial charge in [0.2, 0.25) is 0 Å². The van der Waals surface area contributed by atoms with E-state index in [1.807, 2.05) is 23.9 Å². The van der Waals surface area contributed by atoms with Crippen molar-refractivity contribution in [3.63, 3.8) is 0 Å². The molecule has 0 bridgehead atoms. The summed E-state index contributed by atoms with van der Waals surface area (Å²) in [4.78, 5) is 0. The predicted molar refractivity (Wildman–Crippen MR) is 84.9 cm³/mol. The van der Waals surface area contributed by atoms with E-state index in [0.29, 0.717) is 5.92 Å². The van der Waals surface area contributed by atoms with Gasteiger partial charge in [-0.3, -0.25) is 0 Å². The van der Waals surface area contributed by atoms with E-state index in [4.69, 9.17) is 11.6 Å². The number of halogens is 1. The lowest BCUT2D eigenvalue weighted by Gasteiger charge is -2.26. The first-order chi connectivity index (χ1) is 8.44. The van der Waals surface area contributed by atoms with Crippen LogP contribution in [0.5, 0.6) is 0 Å². The van der Waals surface area contributed by atoms with Crippen LogP contribution in [0.3, 0.4) is 0 Å². The zero-order valence-electron chi connectivity index (χ0n) is 11.8. The van der Waals surface area contributed by atoms with Gasteiger partial charge in [-0.2, -0.15) is 11.8 Å². The SMILES string of the molecule is CSCCC(CNC(C)(C)C)c1ccccc1Cl. The van der Waals surface area contributed by atoms with Crippen LogP contribution < -0.4 is 5.32 Å². The van der Waals surface area contributed by atoms with Crippen molar-refractivity contribution in [2.24, 2.45) is 0 Å². The van der Waals surface area contributed by atoms with Crippen LogP contribution in [0.4, 0.5) is 0 Å². The molecule has 0 aliphatic carbocycles. The molecule has 0 fully saturated rings. The van der Waals surface area contributed by atoms with Gasteiger partial charge in [-0.1, -0.05) is 29.8 Å². The molecule has 0 radical (unpaired) electrons. The Morgan fingerprint density at radius 3 is 2.50 bits per heavy atom. The number of hydrogen-bond donors (Lipinski definition) is 1. The van der Waals surface area contributed by atoms with E-state index in [9.17, 15) is 0 Å². The van der Waals surface area contributed by atoms with Gasteiger partial charge in [0.05, 0.1) is 0 Å². The maximum absolute atomic E-state index is 6.31. The van der Waals surface area contributed by atoms with Crippen molar-refractivity contribution in [2.75, 3.05) is 18.6 Å². The molecule has 0 saturated heterocycles. The molecule has 1 atom stereocenters. The van der Waals surface area contributed by atoms with E-state index < -0.39 is 0 Å². The zero-order chi connectivity index (χ0) is 13.6. The van der Waals surface area contributed by atoms with Gasteiger partial charge >= 0.3 is 0 Å². The van der Waals surface area contributed by atoms with Crippen LogP contribution in [0.2, 0.25) is 5.02 Å². The molecule has 0 heterocycles. The summed E-state index contributed by atoms with van der Waals surface area (Å²) in [6.07, 6.45) is 3.31. The smallest absolute Gasteiger partial charge is 0.0441 e. The van der Waals surface area contributed by atoms with Crippen LogP contribution in [0.15, 0.2) is 24.3 Å². The Kier molecular flexibility index (Phi) is 6.54. The summed E-state index contributed by atoms with van der Waals surface area (Å²) in [6, 6.07) is 8.21. The first-order valence-electron chi connectivity index (χ1n) is 6.42. The third kappa shape index (κ3) is 5.64. The van der Waals surface area contributed by atoms with E-state index >= 15 is 0 Å². The highest BCUT2D eigenvalue weighted by molar-refractivity contribution is 7.98. The summed E-state index contributed by atoms with van der Waals surface area (Å²) in [6.45, 7) is 7.58. The minimum Gasteiger partial charge on any atom is -0.311 e. The van der Waals surface area contributed by atoms with Crippen LogP contribution >= 0.6 is 23.4 Å². The zero-order valence-corrected chi connectivity index (χ0v) is 13.4. The second-order valence-electron chi connectivity index (χ2n) is 5.63. The average Bonchev–Trinajstić information content (AvgIpc) is 2.29. The van der Waals surface area contributed by atoms with Crippen LogP contribution in [-0.4, -0.2) is 24.1 Å². The maximum atomic E-state index is 6.31. The third-order valence-corrected chi connectivity index (χ3v) is 3.88. The molecule has 0 aromatic heterocycles. The normalized spacial score (nSPS) is 13.6. The highest BCUT2D eigenvalue weighted by Gasteiger charge is 2.17. The number of hydrogen-bond acceptors (Lipinski definition) is 2. The Morgan fingerprint density at radius 1 is 1.28 bits per heavy atom. The minimum atomic E-state index is 0.152. The van der Waals surface area contributed by atoms with Crippen molar-refractivity contribution in [3.05, 3.63) is 34.9 Å². The second-order valence-corrected chi connectivity index (χ2v) is 7.02. The Morgan fingerprint density at radius 2 is 1.94 bits per heavy atom. The molecule has 102 valence electrons. The second kappa shape index (κ2) is 7.42. The van der Waals surface area contributed by atoms with Crippen molar-refractivity contribution in [2.45, 2.75) is 38.6 Å². The van der Waals surface area contributed by atoms with Crippen molar-refractivity contribution >= 4 is 23.4 Å². The van der Waals surface area contributed by atoms with Crippen LogP contribution in [0, 0.1) is 0 Å². The number of benzene rings is 1. The number of thioether (sulfide) groups is 1. The van der Waals surface area contributed by atoms with Crippen LogP contribution in [0.25, 0.3) is 0 Å². The van der Waals surface area contributed by atoms with Gasteiger partial charge < -0.3 is 5.32 Å². The summed E-state index contributed by atoms with van der Waals surface area (Å²) in [5, 5.41) is 4.48. The van der Waals surface area contributed by atoms with Crippen LogP contribution in [-0.2, 0) is 0 Å². The predicted octanol–water partition coefficient (Wildman–Crippen LogP) is 4.56. The number of rotatable bonds is 6. The molecule has 1 unspecified atom stereocenters. The Labute approximate surface area is 121 Å². The highest BCUT2D eigenvalue weighted by Crippen LogP contribution is 2.27. The van der Waals surface area contributed by atoms with Crippen molar-refractivity contribution in [1.82, 2.24) is 5.32 Å². The molecule has 1 aromatic rings. The van der Waals surface area contributed by atoms with Crippen molar-refractivity contribution in [1.29, 1.82) is 0 Å². The molecule has 1 rings (SSSR count). The van der Waals surface area contributed by atoms with Crippen molar-refractivity contribution < 1.29 is 0 Å². The van der Waals surface area contributed by atoms with Gasteiger partial charge in [-0.05, 0) is 56.7 Å². The molecular formula is C15H24ClNS. The highest BCUT2D eigenvalue weighted by atomic mass is 35.5. The van der Waals surface area contributed by atoms with Crippen molar-refractivity contribution in [3.8, 4) is 0 Å². The van der Waals surface area contributed by atoms with Gasteiger partial charge in [0.1, 0.15) is 0 Å². The topological polar surface area (TPSA) is 12.0 Å². The van der Waals surface area contributed by atoms with Gasteiger partial charge in [-0.15, -0.1) is 0 Å². The quantitative estimate of drug-likeness (QED) is 0.822. The molecule has 0 amide bonds. The fraction of sp³-hybridized carbons (Fsp3) is 0.600. The molecule has 0 saturated carbocycles. The standard InChI is InChI=1S/C15H24ClNS/c1-15(2,3)17-11-12(9-10-18-4)13-7-5-6-8-14(13)16/h5-8,12,17H,9-11H2,1-4H3. The van der Waals surface area contributed by atoms with E-state index in [1.165, 1.54) is 11.3 Å². The fourth-order valence-electron chi connectivity index (χ4n) is 1.86. The lowest BCUT2D eigenvalue weighted by Crippen LogP contribution is -2.38. The Balaban J connectivity index is 2.75. The first kappa shape index (κ1) is 15.9. The summed E-state index contributed by atoms with van der Waals surface area (Å²) < 4.78 is 0. The average molecular weight is 286 g/mol. The minimum absolute atomic E-state index is 0.152. The summed E-state index contributed by atoms with van der Waals surface area (Å²) in [5.74, 6) is 1.66. The van der Waals surface area contributed by atoms with E-state index in [-0.39, 0.29) is 5.54 Å². The molecule has 1 N–H and O–H groups in total. The maximum Gasteiger partial charge on any atom is 0.0441 e. The van der Waals surface area contributed by atoms with Gasteiger partial charge in [0.25, 0.3) is 0 Å². The molecule has 1 nitrogen and oxygen atoms in total. The van der Waals surface area contributed by atoms with Gasteiger partial charge in [-0.25, -0.2) is 0 Å². The molecule has 0 spiro atoms.